The fourth-order valence-electron chi connectivity index (χ4n) is 1.36. The first kappa shape index (κ1) is 11.8. The summed E-state index contributed by atoms with van der Waals surface area (Å²) in [5.41, 5.74) is 7.12. The second kappa shape index (κ2) is 6.28. The normalized spacial score (nSPS) is 15.1. The number of nitrogens with two attached hydrogens (primary N) is 1. The van der Waals surface area contributed by atoms with Crippen LogP contribution in [0.1, 0.15) is 5.56 Å². The Morgan fingerprint density at radius 3 is 2.21 bits per heavy atom. The number of hydrogen-bond acceptors (Lipinski definition) is 1. The minimum Gasteiger partial charge on any atom is -0.326 e. The van der Waals surface area contributed by atoms with Gasteiger partial charge in [-0.3, -0.25) is 0 Å². The van der Waals surface area contributed by atoms with Crippen LogP contribution in [-0.4, -0.2) is 17.8 Å². The van der Waals surface area contributed by atoms with Gasteiger partial charge in [-0.25, -0.2) is 0 Å². The van der Waals surface area contributed by atoms with E-state index in [0.717, 1.165) is 6.42 Å². The zero-order valence-electron chi connectivity index (χ0n) is 8.00. The van der Waals surface area contributed by atoms with Crippen LogP contribution < -0.4 is 5.73 Å². The molecule has 0 spiro atoms. The lowest BCUT2D eigenvalue weighted by Crippen LogP contribution is -2.34. The van der Waals surface area contributed by atoms with Gasteiger partial charge in [-0.2, -0.15) is 0 Å². The highest BCUT2D eigenvalue weighted by Gasteiger charge is 2.16. The molecule has 0 saturated heterocycles. The van der Waals surface area contributed by atoms with Crippen LogP contribution in [0.2, 0.25) is 0 Å². The Kier molecular flexibility index (Phi) is 5.31. The number of halogens is 2. The van der Waals surface area contributed by atoms with Crippen LogP contribution in [0.4, 0.5) is 0 Å². The van der Waals surface area contributed by atoms with Crippen molar-refractivity contribution < 1.29 is 0 Å². The summed E-state index contributed by atoms with van der Waals surface area (Å²) < 4.78 is 0. The zero-order chi connectivity index (χ0) is 10.4. The first-order valence-electron chi connectivity index (χ1n) is 4.69. The van der Waals surface area contributed by atoms with E-state index in [2.05, 4.69) is 12.1 Å². The minimum atomic E-state index is -0.0191. The van der Waals surface area contributed by atoms with Crippen molar-refractivity contribution in [3.05, 3.63) is 35.9 Å². The van der Waals surface area contributed by atoms with Gasteiger partial charge in [0.15, 0.2) is 0 Å². The van der Waals surface area contributed by atoms with Crippen molar-refractivity contribution in [2.75, 3.05) is 11.8 Å². The fourth-order valence-corrected chi connectivity index (χ4v) is 1.95. The van der Waals surface area contributed by atoms with Crippen LogP contribution in [0.25, 0.3) is 0 Å². The van der Waals surface area contributed by atoms with Crippen molar-refractivity contribution in [3.63, 3.8) is 0 Å². The van der Waals surface area contributed by atoms with Crippen molar-refractivity contribution in [3.8, 4) is 0 Å². The minimum absolute atomic E-state index is 0.0191. The van der Waals surface area contributed by atoms with Crippen LogP contribution in [0.3, 0.4) is 0 Å². The third kappa shape index (κ3) is 3.49. The van der Waals surface area contributed by atoms with Crippen LogP contribution in [0.15, 0.2) is 30.3 Å². The number of rotatable bonds is 5. The van der Waals surface area contributed by atoms with E-state index in [-0.39, 0.29) is 12.0 Å². The number of benzene rings is 1. The predicted molar refractivity (Wildman–Crippen MR) is 63.1 cm³/mol. The van der Waals surface area contributed by atoms with E-state index in [9.17, 15) is 0 Å². The summed E-state index contributed by atoms with van der Waals surface area (Å²) in [5.74, 6) is 1.28. The van der Waals surface area contributed by atoms with Crippen molar-refractivity contribution in [1.82, 2.24) is 0 Å². The second-order valence-corrected chi connectivity index (χ2v) is 4.04. The zero-order valence-corrected chi connectivity index (χ0v) is 9.51. The quantitative estimate of drug-likeness (QED) is 0.776. The summed E-state index contributed by atoms with van der Waals surface area (Å²) in [6.07, 6.45) is 0.901. The van der Waals surface area contributed by atoms with Crippen LogP contribution in [-0.2, 0) is 6.42 Å². The van der Waals surface area contributed by atoms with Crippen LogP contribution in [0, 0.1) is 5.92 Å². The van der Waals surface area contributed by atoms with Gasteiger partial charge in [-0.05, 0) is 17.9 Å². The van der Waals surface area contributed by atoms with E-state index in [0.29, 0.717) is 11.8 Å². The monoisotopic (exact) mass is 231 g/mol. The molecule has 14 heavy (non-hydrogen) atoms. The Morgan fingerprint density at radius 1 is 1.07 bits per heavy atom. The van der Waals surface area contributed by atoms with Gasteiger partial charge in [-0.1, -0.05) is 30.3 Å². The molecule has 0 aliphatic rings. The Morgan fingerprint density at radius 2 is 1.71 bits per heavy atom. The second-order valence-electron chi connectivity index (χ2n) is 3.42. The van der Waals surface area contributed by atoms with Crippen molar-refractivity contribution in [2.24, 2.45) is 11.7 Å². The lowest BCUT2D eigenvalue weighted by Gasteiger charge is -2.19. The van der Waals surface area contributed by atoms with Gasteiger partial charge in [0.2, 0.25) is 0 Å². The maximum absolute atomic E-state index is 5.86. The predicted octanol–water partition coefficient (Wildman–Crippen LogP) is 2.65. The van der Waals surface area contributed by atoms with Gasteiger partial charge in [0.25, 0.3) is 0 Å². The Bertz CT molecular complexity index is 251. The van der Waals surface area contributed by atoms with Crippen LogP contribution in [0.5, 0.6) is 0 Å². The first-order valence-corrected chi connectivity index (χ1v) is 5.76. The highest BCUT2D eigenvalue weighted by molar-refractivity contribution is 6.19. The Balaban J connectivity index is 2.57. The lowest BCUT2D eigenvalue weighted by atomic mass is 9.95. The highest BCUT2D eigenvalue weighted by atomic mass is 35.5. The SMILES string of the molecule is NC(CCl)C(CCl)Cc1ccccc1. The molecule has 78 valence electrons. The molecule has 0 bridgehead atoms. The molecule has 2 unspecified atom stereocenters. The smallest absolute Gasteiger partial charge is 0.0378 e. The third-order valence-corrected chi connectivity index (χ3v) is 3.08. The van der Waals surface area contributed by atoms with Gasteiger partial charge in [0.1, 0.15) is 0 Å². The molecule has 0 radical (unpaired) electrons. The fraction of sp³-hybridized carbons (Fsp3) is 0.455. The van der Waals surface area contributed by atoms with Crippen molar-refractivity contribution >= 4 is 23.2 Å². The number of alkyl halides is 2. The molecule has 0 amide bonds. The summed E-state index contributed by atoms with van der Waals surface area (Å²) in [6.45, 7) is 0. The molecular formula is C11H15Cl2N. The highest BCUT2D eigenvalue weighted by Crippen LogP contribution is 2.14. The first-order chi connectivity index (χ1) is 6.77. The van der Waals surface area contributed by atoms with Crippen molar-refractivity contribution in [1.29, 1.82) is 0 Å². The molecule has 2 N–H and O–H groups in total. The molecular weight excluding hydrogens is 217 g/mol. The summed E-state index contributed by atoms with van der Waals surface area (Å²) in [6, 6.07) is 10.2. The molecule has 1 rings (SSSR count). The average molecular weight is 232 g/mol. The Labute approximate surface area is 95.2 Å². The summed E-state index contributed by atoms with van der Waals surface area (Å²) >= 11 is 11.6. The maximum atomic E-state index is 5.86. The van der Waals surface area contributed by atoms with E-state index in [4.69, 9.17) is 28.9 Å². The van der Waals surface area contributed by atoms with E-state index in [1.807, 2.05) is 18.2 Å². The van der Waals surface area contributed by atoms with Gasteiger partial charge in [-0.15, -0.1) is 23.2 Å². The molecule has 0 fully saturated rings. The molecule has 1 aromatic carbocycles. The molecule has 0 aliphatic carbocycles. The number of hydrogen-bond donors (Lipinski definition) is 1. The van der Waals surface area contributed by atoms with Gasteiger partial charge in [0, 0.05) is 17.8 Å². The molecule has 1 aromatic rings. The van der Waals surface area contributed by atoms with E-state index >= 15 is 0 Å². The van der Waals surface area contributed by atoms with E-state index in [1.165, 1.54) is 5.56 Å². The summed E-state index contributed by atoms with van der Waals surface area (Å²) in [7, 11) is 0. The maximum Gasteiger partial charge on any atom is 0.0378 e. The molecule has 1 nitrogen and oxygen atoms in total. The molecule has 0 aliphatic heterocycles. The largest absolute Gasteiger partial charge is 0.326 e. The van der Waals surface area contributed by atoms with E-state index in [1.54, 1.807) is 0 Å². The summed E-state index contributed by atoms with van der Waals surface area (Å²) in [4.78, 5) is 0. The lowest BCUT2D eigenvalue weighted by molar-refractivity contribution is 0.491. The molecule has 0 heterocycles. The third-order valence-electron chi connectivity index (χ3n) is 2.32. The molecule has 0 saturated carbocycles. The van der Waals surface area contributed by atoms with Crippen LogP contribution >= 0.6 is 23.2 Å². The topological polar surface area (TPSA) is 26.0 Å². The molecule has 3 heteroatoms. The standard InChI is InChI=1S/C11H15Cl2N/c12-7-10(11(14)8-13)6-9-4-2-1-3-5-9/h1-5,10-11H,6-8,14H2. The summed E-state index contributed by atoms with van der Waals surface area (Å²) in [5, 5.41) is 0. The van der Waals surface area contributed by atoms with E-state index < -0.39 is 0 Å². The van der Waals surface area contributed by atoms with Gasteiger partial charge >= 0.3 is 0 Å². The molecule has 0 aromatic heterocycles. The van der Waals surface area contributed by atoms with Gasteiger partial charge in [0.05, 0.1) is 0 Å². The average Bonchev–Trinajstić information content (AvgIpc) is 2.26. The van der Waals surface area contributed by atoms with Gasteiger partial charge < -0.3 is 5.73 Å². The van der Waals surface area contributed by atoms with Crippen molar-refractivity contribution in [2.45, 2.75) is 12.5 Å². The molecule has 2 atom stereocenters. The Hall–Kier alpha value is -0.240.